The van der Waals surface area contributed by atoms with Crippen molar-refractivity contribution in [2.45, 2.75) is 31.7 Å². The van der Waals surface area contributed by atoms with Gasteiger partial charge in [0.15, 0.2) is 5.78 Å². The van der Waals surface area contributed by atoms with Crippen LogP contribution < -0.4 is 10.0 Å². The molecule has 8 nitrogen and oxygen atoms in total. The molecule has 0 aliphatic carbocycles. The van der Waals surface area contributed by atoms with Gasteiger partial charge in [0.1, 0.15) is 11.6 Å². The van der Waals surface area contributed by atoms with Crippen LogP contribution in [0.25, 0.3) is 5.69 Å². The molecule has 32 heavy (non-hydrogen) atoms. The van der Waals surface area contributed by atoms with Crippen molar-refractivity contribution in [2.75, 3.05) is 6.54 Å². The van der Waals surface area contributed by atoms with E-state index >= 15 is 0 Å². The van der Waals surface area contributed by atoms with Crippen LogP contribution in [0.1, 0.15) is 35.1 Å². The summed E-state index contributed by atoms with van der Waals surface area (Å²) in [6.07, 6.45) is 3.16. The van der Waals surface area contributed by atoms with Gasteiger partial charge in [0, 0.05) is 37.5 Å². The van der Waals surface area contributed by atoms with E-state index in [-0.39, 0.29) is 36.1 Å². The minimum Gasteiger partial charge on any atom is -0.352 e. The van der Waals surface area contributed by atoms with Gasteiger partial charge in [-0.2, -0.15) is 0 Å². The molecule has 2 aromatic carbocycles. The standard InChI is InChI=1S/C22H23FN4O4S/c1-15(28)18-4-6-19(7-5-18)32(30,31)26-10-9-22(29)25-14-17-3-8-21(20(23)13-17)27-12-11-24-16(27)2/h3-8,11-13,26H,9-10,14H2,1-2H3,(H,25,29). The number of aromatic nitrogens is 2. The number of sulfonamides is 1. The Balaban J connectivity index is 1.49. The van der Waals surface area contributed by atoms with Crippen LogP contribution in [-0.4, -0.2) is 36.2 Å². The van der Waals surface area contributed by atoms with Gasteiger partial charge in [-0.05, 0) is 43.7 Å². The van der Waals surface area contributed by atoms with Crippen molar-refractivity contribution in [3.8, 4) is 5.69 Å². The van der Waals surface area contributed by atoms with Crippen LogP contribution in [0, 0.1) is 12.7 Å². The van der Waals surface area contributed by atoms with Gasteiger partial charge in [-0.25, -0.2) is 22.5 Å². The molecule has 0 saturated heterocycles. The maximum Gasteiger partial charge on any atom is 0.240 e. The number of Topliss-reactive ketones (excluding diaryl/α,β-unsaturated/α-hetero) is 1. The van der Waals surface area contributed by atoms with E-state index in [0.29, 0.717) is 22.6 Å². The Labute approximate surface area is 185 Å². The maximum absolute atomic E-state index is 14.4. The number of amides is 1. The van der Waals surface area contributed by atoms with E-state index in [1.165, 1.54) is 37.3 Å². The lowest BCUT2D eigenvalue weighted by Gasteiger charge is -2.10. The minimum absolute atomic E-state index is 0.00611. The smallest absolute Gasteiger partial charge is 0.240 e. The summed E-state index contributed by atoms with van der Waals surface area (Å²) in [6.45, 7) is 3.17. The molecule has 0 saturated carbocycles. The van der Waals surface area contributed by atoms with Crippen LogP contribution in [-0.2, 0) is 21.4 Å². The van der Waals surface area contributed by atoms with Crippen molar-refractivity contribution in [3.63, 3.8) is 0 Å². The highest BCUT2D eigenvalue weighted by atomic mass is 32.2. The average Bonchev–Trinajstić information content (AvgIpc) is 3.18. The van der Waals surface area contributed by atoms with Crippen molar-refractivity contribution >= 4 is 21.7 Å². The number of hydrogen-bond donors (Lipinski definition) is 2. The number of imidazole rings is 1. The number of halogens is 1. The van der Waals surface area contributed by atoms with Gasteiger partial charge in [0.2, 0.25) is 15.9 Å². The molecule has 3 rings (SSSR count). The van der Waals surface area contributed by atoms with Crippen molar-refractivity contribution in [3.05, 3.63) is 77.6 Å². The first-order valence-corrected chi connectivity index (χ1v) is 11.3. The fourth-order valence-electron chi connectivity index (χ4n) is 3.03. The maximum atomic E-state index is 14.4. The number of nitrogens with zero attached hydrogens (tertiary/aromatic N) is 2. The number of aryl methyl sites for hydroxylation is 1. The van der Waals surface area contributed by atoms with E-state index in [1.807, 2.05) is 0 Å². The highest BCUT2D eigenvalue weighted by Gasteiger charge is 2.15. The second-order valence-electron chi connectivity index (χ2n) is 7.14. The molecule has 2 N–H and O–H groups in total. The zero-order chi connectivity index (χ0) is 23.3. The molecule has 168 valence electrons. The van der Waals surface area contributed by atoms with Crippen LogP contribution in [0.15, 0.2) is 59.8 Å². The number of nitrogens with one attached hydrogen (secondary N) is 2. The predicted octanol–water partition coefficient (Wildman–Crippen LogP) is 2.51. The van der Waals surface area contributed by atoms with Gasteiger partial charge in [-0.3, -0.25) is 9.59 Å². The van der Waals surface area contributed by atoms with Crippen molar-refractivity contribution < 1.29 is 22.4 Å². The molecular formula is C22H23FN4O4S. The molecule has 1 amide bonds. The number of carbonyl (C=O) groups excluding carboxylic acids is 2. The number of carbonyl (C=O) groups is 2. The van der Waals surface area contributed by atoms with Crippen LogP contribution in [0.2, 0.25) is 0 Å². The minimum atomic E-state index is -3.80. The molecule has 0 radical (unpaired) electrons. The summed E-state index contributed by atoms with van der Waals surface area (Å²) in [7, 11) is -3.80. The third kappa shape index (κ3) is 5.65. The van der Waals surface area contributed by atoms with Crippen molar-refractivity contribution in [1.82, 2.24) is 19.6 Å². The monoisotopic (exact) mass is 458 g/mol. The van der Waals surface area contributed by atoms with Crippen LogP contribution in [0.5, 0.6) is 0 Å². The van der Waals surface area contributed by atoms with Gasteiger partial charge in [-0.1, -0.05) is 18.2 Å². The average molecular weight is 459 g/mol. The van der Waals surface area contributed by atoms with Crippen molar-refractivity contribution in [1.29, 1.82) is 0 Å². The molecule has 1 aromatic heterocycles. The van der Waals surface area contributed by atoms with Gasteiger partial charge < -0.3 is 9.88 Å². The first-order valence-electron chi connectivity index (χ1n) is 9.83. The van der Waals surface area contributed by atoms with E-state index < -0.39 is 15.8 Å². The zero-order valence-electron chi connectivity index (χ0n) is 17.6. The van der Waals surface area contributed by atoms with Gasteiger partial charge >= 0.3 is 0 Å². The number of rotatable bonds is 9. The third-order valence-corrected chi connectivity index (χ3v) is 6.28. The molecule has 3 aromatic rings. The van der Waals surface area contributed by atoms with Gasteiger partial charge in [0.25, 0.3) is 0 Å². The molecule has 0 unspecified atom stereocenters. The fraction of sp³-hybridized carbons (Fsp3) is 0.227. The Morgan fingerprint density at radius 3 is 2.44 bits per heavy atom. The Morgan fingerprint density at radius 2 is 1.84 bits per heavy atom. The summed E-state index contributed by atoms with van der Waals surface area (Å²) in [6, 6.07) is 10.2. The molecule has 0 spiro atoms. The van der Waals surface area contributed by atoms with E-state index in [1.54, 1.807) is 36.0 Å². The molecule has 0 atom stereocenters. The summed E-state index contributed by atoms with van der Waals surface area (Å²) in [4.78, 5) is 27.4. The zero-order valence-corrected chi connectivity index (χ0v) is 18.4. The molecule has 0 aliphatic heterocycles. The molecule has 1 heterocycles. The lowest BCUT2D eigenvalue weighted by molar-refractivity contribution is -0.121. The van der Waals surface area contributed by atoms with E-state index in [4.69, 9.17) is 0 Å². The first kappa shape index (κ1) is 23.3. The van der Waals surface area contributed by atoms with Crippen LogP contribution >= 0.6 is 0 Å². The van der Waals surface area contributed by atoms with E-state index in [2.05, 4.69) is 15.0 Å². The Hall–Kier alpha value is -3.37. The van der Waals surface area contributed by atoms with Gasteiger partial charge in [0.05, 0.1) is 10.6 Å². The molecule has 10 heteroatoms. The third-order valence-electron chi connectivity index (χ3n) is 4.80. The SMILES string of the molecule is CC(=O)c1ccc(S(=O)(=O)NCCC(=O)NCc2ccc(-n3ccnc3C)c(F)c2)cc1. The summed E-state index contributed by atoms with van der Waals surface area (Å²) in [5.74, 6) is -0.330. The molecule has 0 bridgehead atoms. The molecule has 0 fully saturated rings. The lowest BCUT2D eigenvalue weighted by Crippen LogP contribution is -2.30. The number of hydrogen-bond acceptors (Lipinski definition) is 5. The normalized spacial score (nSPS) is 11.3. The second kappa shape index (κ2) is 9.84. The van der Waals surface area contributed by atoms with Crippen LogP contribution in [0.3, 0.4) is 0 Å². The first-order chi connectivity index (χ1) is 15.2. The fourth-order valence-corrected chi connectivity index (χ4v) is 4.06. The predicted molar refractivity (Wildman–Crippen MR) is 116 cm³/mol. The highest BCUT2D eigenvalue weighted by molar-refractivity contribution is 7.89. The van der Waals surface area contributed by atoms with E-state index in [0.717, 1.165) is 0 Å². The largest absolute Gasteiger partial charge is 0.352 e. The molecular weight excluding hydrogens is 435 g/mol. The van der Waals surface area contributed by atoms with E-state index in [9.17, 15) is 22.4 Å². The highest BCUT2D eigenvalue weighted by Crippen LogP contribution is 2.17. The number of ketones is 1. The summed E-state index contributed by atoms with van der Waals surface area (Å²) in [5.41, 5.74) is 1.34. The molecule has 0 aliphatic rings. The number of benzene rings is 2. The quantitative estimate of drug-likeness (QED) is 0.479. The van der Waals surface area contributed by atoms with Gasteiger partial charge in [-0.15, -0.1) is 0 Å². The van der Waals surface area contributed by atoms with Crippen LogP contribution in [0.4, 0.5) is 4.39 Å². The Kier molecular flexibility index (Phi) is 7.16. The summed E-state index contributed by atoms with van der Waals surface area (Å²) < 4.78 is 43.0. The second-order valence-corrected chi connectivity index (χ2v) is 8.90. The summed E-state index contributed by atoms with van der Waals surface area (Å²) in [5, 5.41) is 2.64. The van der Waals surface area contributed by atoms with Crippen molar-refractivity contribution in [2.24, 2.45) is 0 Å². The summed E-state index contributed by atoms with van der Waals surface area (Å²) >= 11 is 0. The Bertz CT molecular complexity index is 1240. The lowest BCUT2D eigenvalue weighted by atomic mass is 10.2. The Morgan fingerprint density at radius 1 is 1.12 bits per heavy atom. The topological polar surface area (TPSA) is 110 Å².